The van der Waals surface area contributed by atoms with E-state index in [9.17, 15) is 0 Å². The maximum Gasteiger partial charge on any atom is 0.209 e. The van der Waals surface area contributed by atoms with Crippen LogP contribution in [0.1, 0.15) is 30.0 Å². The van der Waals surface area contributed by atoms with Crippen molar-refractivity contribution in [2.45, 2.75) is 29.8 Å². The summed E-state index contributed by atoms with van der Waals surface area (Å²) in [6, 6.07) is 8.42. The molecule has 1 N–H and O–H groups in total. The van der Waals surface area contributed by atoms with Crippen molar-refractivity contribution in [2.75, 3.05) is 6.61 Å². The summed E-state index contributed by atoms with van der Waals surface area (Å²) in [6.07, 6.45) is 2.33. The lowest BCUT2D eigenvalue weighted by Gasteiger charge is -2.04. The van der Waals surface area contributed by atoms with Gasteiger partial charge in [-0.05, 0) is 34.9 Å². The van der Waals surface area contributed by atoms with Crippen molar-refractivity contribution in [3.63, 3.8) is 0 Å². The van der Waals surface area contributed by atoms with Crippen LogP contribution in [0.3, 0.4) is 0 Å². The highest BCUT2D eigenvalue weighted by Gasteiger charge is 2.27. The SMILES string of the molecule is OCC#Cc1ccccc1CSc1nnnn1C1CC1. The molecule has 102 valence electrons. The molecule has 0 spiro atoms. The zero-order valence-corrected chi connectivity index (χ0v) is 11.7. The van der Waals surface area contributed by atoms with Crippen LogP contribution in [0.4, 0.5) is 0 Å². The van der Waals surface area contributed by atoms with Gasteiger partial charge in [0.25, 0.3) is 0 Å². The van der Waals surface area contributed by atoms with Gasteiger partial charge in [-0.1, -0.05) is 41.8 Å². The Bertz CT molecular complexity index is 654. The van der Waals surface area contributed by atoms with Gasteiger partial charge in [-0.15, -0.1) is 5.10 Å². The summed E-state index contributed by atoms with van der Waals surface area (Å²) in [5.41, 5.74) is 2.07. The standard InChI is InChI=1S/C14H14N4OS/c19-9-3-6-11-4-1-2-5-12(11)10-20-14-15-16-17-18(14)13-7-8-13/h1-2,4-5,13,19H,7-10H2. The van der Waals surface area contributed by atoms with Crippen LogP contribution in [0.2, 0.25) is 0 Å². The van der Waals surface area contributed by atoms with Crippen LogP contribution < -0.4 is 0 Å². The minimum Gasteiger partial charge on any atom is -0.384 e. The molecule has 0 bridgehead atoms. The first-order valence-corrected chi connectivity index (χ1v) is 7.45. The Morgan fingerprint density at radius 3 is 3.00 bits per heavy atom. The number of aliphatic hydroxyl groups is 1. The fourth-order valence-electron chi connectivity index (χ4n) is 1.87. The molecule has 1 aliphatic carbocycles. The highest BCUT2D eigenvalue weighted by atomic mass is 32.2. The molecule has 20 heavy (non-hydrogen) atoms. The first kappa shape index (κ1) is 13.2. The van der Waals surface area contributed by atoms with Crippen LogP contribution >= 0.6 is 11.8 Å². The summed E-state index contributed by atoms with van der Waals surface area (Å²) in [6.45, 7) is -0.124. The average Bonchev–Trinajstić information content (AvgIpc) is 3.22. The third kappa shape index (κ3) is 3.00. The highest BCUT2D eigenvalue weighted by Crippen LogP contribution is 2.36. The third-order valence-electron chi connectivity index (χ3n) is 3.03. The second kappa shape index (κ2) is 6.07. The molecule has 1 aromatic heterocycles. The molecule has 1 aromatic carbocycles. The maximum absolute atomic E-state index is 8.79. The quantitative estimate of drug-likeness (QED) is 0.684. The molecule has 0 saturated heterocycles. The molecule has 1 fully saturated rings. The summed E-state index contributed by atoms with van der Waals surface area (Å²) in [5, 5.41) is 21.5. The smallest absolute Gasteiger partial charge is 0.209 e. The van der Waals surface area contributed by atoms with Crippen molar-refractivity contribution in [1.29, 1.82) is 0 Å². The van der Waals surface area contributed by atoms with Crippen LogP contribution in [0.15, 0.2) is 29.4 Å². The van der Waals surface area contributed by atoms with Gasteiger partial charge < -0.3 is 5.11 Å². The van der Waals surface area contributed by atoms with Crippen molar-refractivity contribution < 1.29 is 5.11 Å². The predicted octanol–water partition coefficient (Wildman–Crippen LogP) is 1.64. The summed E-state index contributed by atoms with van der Waals surface area (Å²) >= 11 is 1.62. The van der Waals surface area contributed by atoms with Crippen molar-refractivity contribution in [3.8, 4) is 11.8 Å². The van der Waals surface area contributed by atoms with Gasteiger partial charge in [0, 0.05) is 11.3 Å². The van der Waals surface area contributed by atoms with E-state index in [1.165, 1.54) is 0 Å². The maximum atomic E-state index is 8.79. The molecule has 0 unspecified atom stereocenters. The molecular formula is C14H14N4OS. The fourth-order valence-corrected chi connectivity index (χ4v) is 2.82. The lowest BCUT2D eigenvalue weighted by atomic mass is 10.1. The summed E-state index contributed by atoms with van der Waals surface area (Å²) in [5.74, 6) is 6.43. The third-order valence-corrected chi connectivity index (χ3v) is 4.01. The van der Waals surface area contributed by atoms with Crippen LogP contribution in [-0.2, 0) is 5.75 Å². The number of aliphatic hydroxyl groups excluding tert-OH is 1. The molecule has 0 amide bonds. The average molecular weight is 286 g/mol. The molecule has 0 radical (unpaired) electrons. The number of aromatic nitrogens is 4. The number of thioether (sulfide) groups is 1. The second-order valence-corrected chi connectivity index (χ2v) is 5.49. The topological polar surface area (TPSA) is 63.8 Å². The zero-order chi connectivity index (χ0) is 13.8. The van der Waals surface area contributed by atoms with Gasteiger partial charge in [0.2, 0.25) is 5.16 Å². The van der Waals surface area contributed by atoms with Crippen LogP contribution in [0, 0.1) is 11.8 Å². The van der Waals surface area contributed by atoms with Gasteiger partial charge >= 0.3 is 0 Å². The number of benzene rings is 1. The van der Waals surface area contributed by atoms with Crippen LogP contribution in [-0.4, -0.2) is 31.9 Å². The van der Waals surface area contributed by atoms with Crippen LogP contribution in [0.5, 0.6) is 0 Å². The molecule has 1 heterocycles. The molecule has 1 saturated carbocycles. The van der Waals surface area contributed by atoms with E-state index in [1.807, 2.05) is 28.9 Å². The van der Waals surface area contributed by atoms with E-state index in [0.29, 0.717) is 6.04 Å². The van der Waals surface area contributed by atoms with E-state index in [-0.39, 0.29) is 6.61 Å². The van der Waals surface area contributed by atoms with Crippen molar-refractivity contribution in [2.24, 2.45) is 0 Å². The molecule has 0 aliphatic heterocycles. The van der Waals surface area contributed by atoms with Crippen LogP contribution in [0.25, 0.3) is 0 Å². The normalized spacial score (nSPS) is 13.8. The van der Waals surface area contributed by atoms with Gasteiger partial charge in [-0.3, -0.25) is 0 Å². The van der Waals surface area contributed by atoms with E-state index in [0.717, 1.165) is 34.9 Å². The largest absolute Gasteiger partial charge is 0.384 e. The molecular weight excluding hydrogens is 272 g/mol. The highest BCUT2D eigenvalue weighted by molar-refractivity contribution is 7.98. The van der Waals surface area contributed by atoms with Crippen molar-refractivity contribution in [3.05, 3.63) is 35.4 Å². The molecule has 1 aliphatic rings. The van der Waals surface area contributed by atoms with Gasteiger partial charge in [-0.2, -0.15) is 0 Å². The van der Waals surface area contributed by atoms with Crippen molar-refractivity contribution in [1.82, 2.24) is 20.2 Å². The van der Waals surface area contributed by atoms with E-state index < -0.39 is 0 Å². The molecule has 2 aromatic rings. The van der Waals surface area contributed by atoms with E-state index >= 15 is 0 Å². The Morgan fingerprint density at radius 1 is 1.35 bits per heavy atom. The van der Waals surface area contributed by atoms with E-state index in [4.69, 9.17) is 5.11 Å². The Morgan fingerprint density at radius 2 is 2.20 bits per heavy atom. The summed E-state index contributed by atoms with van der Waals surface area (Å²) < 4.78 is 1.91. The number of hydrogen-bond acceptors (Lipinski definition) is 5. The van der Waals surface area contributed by atoms with E-state index in [1.54, 1.807) is 11.8 Å². The number of hydrogen-bond donors (Lipinski definition) is 1. The van der Waals surface area contributed by atoms with E-state index in [2.05, 4.69) is 27.4 Å². The van der Waals surface area contributed by atoms with Gasteiger partial charge in [0.15, 0.2) is 0 Å². The zero-order valence-electron chi connectivity index (χ0n) is 10.9. The fraction of sp³-hybridized carbons (Fsp3) is 0.357. The van der Waals surface area contributed by atoms with Gasteiger partial charge in [0.05, 0.1) is 6.04 Å². The number of nitrogens with zero attached hydrogens (tertiary/aromatic N) is 4. The molecule has 6 heteroatoms. The predicted molar refractivity (Wildman–Crippen MR) is 76.1 cm³/mol. The van der Waals surface area contributed by atoms with Crippen molar-refractivity contribution >= 4 is 11.8 Å². The minimum absolute atomic E-state index is 0.124. The summed E-state index contributed by atoms with van der Waals surface area (Å²) in [4.78, 5) is 0. The monoisotopic (exact) mass is 286 g/mol. The first-order chi connectivity index (χ1) is 9.88. The number of tetrazole rings is 1. The minimum atomic E-state index is -0.124. The molecule has 0 atom stereocenters. The molecule has 3 rings (SSSR count). The lowest BCUT2D eigenvalue weighted by Crippen LogP contribution is -1.99. The Labute approximate surface area is 121 Å². The second-order valence-electron chi connectivity index (χ2n) is 4.54. The lowest BCUT2D eigenvalue weighted by molar-refractivity contribution is 0.350. The Hall–Kier alpha value is -1.84. The number of rotatable bonds is 4. The van der Waals surface area contributed by atoms with Gasteiger partial charge in [-0.25, -0.2) is 4.68 Å². The Kier molecular flexibility index (Phi) is 4.00. The first-order valence-electron chi connectivity index (χ1n) is 6.47. The van der Waals surface area contributed by atoms with Gasteiger partial charge in [0.1, 0.15) is 6.61 Å². The molecule has 5 nitrogen and oxygen atoms in total. The Balaban J connectivity index is 1.73. The summed E-state index contributed by atoms with van der Waals surface area (Å²) in [7, 11) is 0.